The standard InChI is InChI=1S/C12H16ClN3O3S/c1-12-5-16(3-4-18-6-12)9-7(10(17)19-12)8(13)14-11(15-9)20-2/h10,17H,3-6H2,1-2H3/t10?,12-/m0/s1. The summed E-state index contributed by atoms with van der Waals surface area (Å²) in [6.07, 6.45) is 0.738. The van der Waals surface area contributed by atoms with E-state index in [0.717, 1.165) is 0 Å². The molecule has 110 valence electrons. The topological polar surface area (TPSA) is 67.7 Å². The molecule has 8 heteroatoms. The van der Waals surface area contributed by atoms with E-state index < -0.39 is 11.9 Å². The first-order valence-corrected chi connectivity index (χ1v) is 7.93. The number of rotatable bonds is 1. The number of hydrogen-bond acceptors (Lipinski definition) is 7. The molecule has 6 nitrogen and oxygen atoms in total. The number of ether oxygens (including phenoxy) is 2. The molecule has 2 atom stereocenters. The van der Waals surface area contributed by atoms with Crippen molar-refractivity contribution >= 4 is 29.2 Å². The van der Waals surface area contributed by atoms with Crippen LogP contribution >= 0.6 is 23.4 Å². The quantitative estimate of drug-likeness (QED) is 0.478. The number of aliphatic hydroxyl groups is 1. The zero-order chi connectivity index (χ0) is 14.3. The maximum absolute atomic E-state index is 10.3. The largest absolute Gasteiger partial charge is 0.377 e. The molecule has 1 fully saturated rings. The molecule has 3 rings (SSSR count). The summed E-state index contributed by atoms with van der Waals surface area (Å²) in [5, 5.41) is 11.1. The van der Waals surface area contributed by atoms with E-state index in [-0.39, 0.29) is 5.15 Å². The number of fused-ring (bicyclic) bond motifs is 4. The van der Waals surface area contributed by atoms with Gasteiger partial charge >= 0.3 is 0 Å². The van der Waals surface area contributed by atoms with E-state index in [2.05, 4.69) is 9.97 Å². The van der Waals surface area contributed by atoms with E-state index >= 15 is 0 Å². The minimum absolute atomic E-state index is 0.239. The number of thioether (sulfide) groups is 1. The summed E-state index contributed by atoms with van der Waals surface area (Å²) >= 11 is 7.62. The van der Waals surface area contributed by atoms with Crippen molar-refractivity contribution in [3.05, 3.63) is 10.7 Å². The molecule has 1 saturated heterocycles. The molecule has 20 heavy (non-hydrogen) atoms. The van der Waals surface area contributed by atoms with Crippen LogP contribution in [0.25, 0.3) is 0 Å². The molecule has 0 aliphatic carbocycles. The van der Waals surface area contributed by atoms with Gasteiger partial charge in [0.1, 0.15) is 16.6 Å². The number of nitrogens with zero attached hydrogens (tertiary/aromatic N) is 3. The van der Waals surface area contributed by atoms with Gasteiger partial charge in [0.2, 0.25) is 0 Å². The Morgan fingerprint density at radius 3 is 3.05 bits per heavy atom. The van der Waals surface area contributed by atoms with Crippen LogP contribution in [-0.2, 0) is 9.47 Å². The second-order valence-corrected chi connectivity index (χ2v) is 6.26. The van der Waals surface area contributed by atoms with Crippen LogP contribution < -0.4 is 4.90 Å². The van der Waals surface area contributed by atoms with Crippen molar-refractivity contribution in [2.24, 2.45) is 0 Å². The highest BCUT2D eigenvalue weighted by Gasteiger charge is 2.40. The first-order chi connectivity index (χ1) is 9.52. The van der Waals surface area contributed by atoms with Gasteiger partial charge in [-0.2, -0.15) is 0 Å². The number of halogens is 1. The molecule has 1 aromatic heterocycles. The molecule has 2 aliphatic heterocycles. The highest BCUT2D eigenvalue weighted by atomic mass is 35.5. The average Bonchev–Trinajstić information content (AvgIpc) is 2.64. The van der Waals surface area contributed by atoms with Gasteiger partial charge in [-0.15, -0.1) is 0 Å². The normalized spacial score (nSPS) is 29.6. The monoisotopic (exact) mass is 317 g/mol. The Bertz CT molecular complexity index is 533. The Morgan fingerprint density at radius 1 is 1.50 bits per heavy atom. The molecule has 2 bridgehead atoms. The molecule has 0 saturated carbocycles. The molecule has 0 amide bonds. The average molecular weight is 318 g/mol. The molecular formula is C12H16ClN3O3S. The second kappa shape index (κ2) is 5.31. The Hall–Kier alpha value is -0.600. The van der Waals surface area contributed by atoms with Gasteiger partial charge in [-0.25, -0.2) is 9.97 Å². The first-order valence-electron chi connectivity index (χ1n) is 6.32. The van der Waals surface area contributed by atoms with Gasteiger partial charge in [-0.3, -0.25) is 0 Å². The van der Waals surface area contributed by atoms with Gasteiger partial charge < -0.3 is 19.5 Å². The van der Waals surface area contributed by atoms with Crippen LogP contribution in [0.15, 0.2) is 5.16 Å². The predicted molar refractivity (Wildman–Crippen MR) is 76.3 cm³/mol. The van der Waals surface area contributed by atoms with E-state index in [1.807, 2.05) is 18.1 Å². The van der Waals surface area contributed by atoms with Gasteiger partial charge in [0.05, 0.1) is 25.3 Å². The second-order valence-electron chi connectivity index (χ2n) is 5.13. The number of aliphatic hydroxyl groups excluding tert-OH is 1. The molecule has 3 heterocycles. The SMILES string of the molecule is CSc1nc(Cl)c2c(n1)N1CCOC[C@](C)(C1)OC2O. The van der Waals surface area contributed by atoms with Crippen LogP contribution in [-0.4, -0.2) is 53.2 Å². The van der Waals surface area contributed by atoms with Crippen molar-refractivity contribution in [2.45, 2.75) is 24.0 Å². The van der Waals surface area contributed by atoms with Crippen LogP contribution in [0.3, 0.4) is 0 Å². The third kappa shape index (κ3) is 2.48. The van der Waals surface area contributed by atoms with Gasteiger partial charge in [-0.1, -0.05) is 23.4 Å². The van der Waals surface area contributed by atoms with Crippen molar-refractivity contribution in [1.29, 1.82) is 0 Å². The third-order valence-electron chi connectivity index (χ3n) is 3.42. The smallest absolute Gasteiger partial charge is 0.190 e. The summed E-state index contributed by atoms with van der Waals surface area (Å²) in [5.74, 6) is 0.635. The van der Waals surface area contributed by atoms with Crippen molar-refractivity contribution < 1.29 is 14.6 Å². The highest BCUT2D eigenvalue weighted by Crippen LogP contribution is 2.39. The highest BCUT2D eigenvalue weighted by molar-refractivity contribution is 7.98. The van der Waals surface area contributed by atoms with Crippen molar-refractivity contribution in [1.82, 2.24) is 9.97 Å². The van der Waals surface area contributed by atoms with E-state index in [4.69, 9.17) is 21.1 Å². The van der Waals surface area contributed by atoms with Crippen molar-refractivity contribution in [2.75, 3.05) is 37.5 Å². The minimum Gasteiger partial charge on any atom is -0.377 e. The van der Waals surface area contributed by atoms with Crippen LogP contribution in [0.2, 0.25) is 5.15 Å². The molecule has 1 unspecified atom stereocenters. The third-order valence-corrected chi connectivity index (χ3v) is 4.26. The Labute approximate surface area is 126 Å². The fourth-order valence-electron chi connectivity index (χ4n) is 2.53. The fraction of sp³-hybridized carbons (Fsp3) is 0.667. The van der Waals surface area contributed by atoms with Crippen LogP contribution in [0.4, 0.5) is 5.82 Å². The van der Waals surface area contributed by atoms with Crippen LogP contribution in [0.5, 0.6) is 0 Å². The summed E-state index contributed by atoms with van der Waals surface area (Å²) in [4.78, 5) is 10.7. The minimum atomic E-state index is -1.15. The lowest BCUT2D eigenvalue weighted by Gasteiger charge is -2.29. The lowest BCUT2D eigenvalue weighted by Crippen LogP contribution is -2.43. The van der Waals surface area contributed by atoms with Crippen molar-refractivity contribution in [3.8, 4) is 0 Å². The molecule has 0 aromatic carbocycles. The summed E-state index contributed by atoms with van der Waals surface area (Å²) in [6, 6.07) is 0. The van der Waals surface area contributed by atoms with E-state index in [1.54, 1.807) is 0 Å². The van der Waals surface area contributed by atoms with Gasteiger partial charge in [0.15, 0.2) is 11.4 Å². The predicted octanol–water partition coefficient (Wildman–Crippen LogP) is 1.47. The summed E-state index contributed by atoms with van der Waals surface area (Å²) in [6.45, 7) is 4.20. The number of anilines is 1. The number of hydrogen-bond donors (Lipinski definition) is 1. The Morgan fingerprint density at radius 2 is 2.30 bits per heavy atom. The zero-order valence-corrected chi connectivity index (χ0v) is 12.9. The van der Waals surface area contributed by atoms with Gasteiger partial charge in [0.25, 0.3) is 0 Å². The molecule has 1 aromatic rings. The lowest BCUT2D eigenvalue weighted by atomic mass is 10.1. The summed E-state index contributed by atoms with van der Waals surface area (Å²) in [5.41, 5.74) is -0.158. The zero-order valence-electron chi connectivity index (χ0n) is 11.3. The maximum Gasteiger partial charge on any atom is 0.190 e. The summed E-state index contributed by atoms with van der Waals surface area (Å²) in [7, 11) is 0. The fourth-order valence-corrected chi connectivity index (χ4v) is 3.20. The first kappa shape index (κ1) is 14.3. The van der Waals surface area contributed by atoms with E-state index in [9.17, 15) is 5.11 Å². The molecule has 0 spiro atoms. The molecular weight excluding hydrogens is 302 g/mol. The van der Waals surface area contributed by atoms with Gasteiger partial charge in [-0.05, 0) is 13.2 Å². The lowest BCUT2D eigenvalue weighted by molar-refractivity contribution is -0.192. The van der Waals surface area contributed by atoms with Gasteiger partial charge in [0, 0.05) is 6.54 Å². The van der Waals surface area contributed by atoms with Crippen LogP contribution in [0.1, 0.15) is 18.8 Å². The number of aromatic nitrogens is 2. The van der Waals surface area contributed by atoms with E-state index in [0.29, 0.717) is 42.8 Å². The maximum atomic E-state index is 10.3. The van der Waals surface area contributed by atoms with E-state index in [1.165, 1.54) is 11.8 Å². The summed E-state index contributed by atoms with van der Waals surface area (Å²) < 4.78 is 11.3. The molecule has 1 N–H and O–H groups in total. The molecule has 2 aliphatic rings. The Kier molecular flexibility index (Phi) is 3.81. The molecule has 0 radical (unpaired) electrons. The van der Waals surface area contributed by atoms with Crippen molar-refractivity contribution in [3.63, 3.8) is 0 Å². The Balaban J connectivity index is 2.13. The van der Waals surface area contributed by atoms with Crippen LogP contribution in [0, 0.1) is 0 Å².